The van der Waals surface area contributed by atoms with Gasteiger partial charge in [-0.15, -0.1) is 10.2 Å². The molecule has 22 heavy (non-hydrogen) atoms. The average Bonchev–Trinajstić information content (AvgIpc) is 3.18. The van der Waals surface area contributed by atoms with Crippen LogP contribution in [0.4, 0.5) is 9.93 Å². The zero-order valence-corrected chi connectivity index (χ0v) is 13.4. The van der Waals surface area contributed by atoms with Crippen molar-refractivity contribution in [3.05, 3.63) is 23.2 Å². The summed E-state index contributed by atoms with van der Waals surface area (Å²) in [6.45, 7) is 7.02. The van der Waals surface area contributed by atoms with Crippen molar-refractivity contribution >= 4 is 22.5 Å². The number of imidazole rings is 1. The van der Waals surface area contributed by atoms with Gasteiger partial charge >= 0.3 is 6.03 Å². The second-order valence-corrected chi connectivity index (χ2v) is 6.30. The van der Waals surface area contributed by atoms with Gasteiger partial charge in [0, 0.05) is 32.0 Å². The van der Waals surface area contributed by atoms with Crippen molar-refractivity contribution < 1.29 is 4.79 Å². The number of carbonyl (C=O) groups excluding carboxylic acids is 1. The first-order chi connectivity index (χ1) is 10.7. The Morgan fingerprint density at radius 1 is 1.50 bits per heavy atom. The Hall–Kier alpha value is -2.00. The van der Waals surface area contributed by atoms with Crippen LogP contribution in [-0.4, -0.2) is 62.2 Å². The number of urea groups is 1. The van der Waals surface area contributed by atoms with Gasteiger partial charge in [0.25, 0.3) is 0 Å². The monoisotopic (exact) mass is 321 g/mol. The highest BCUT2D eigenvalue weighted by molar-refractivity contribution is 7.15. The zero-order chi connectivity index (χ0) is 15.5. The van der Waals surface area contributed by atoms with Crippen LogP contribution in [0.2, 0.25) is 0 Å². The molecule has 2 amide bonds. The molecule has 2 aromatic heterocycles. The van der Waals surface area contributed by atoms with E-state index in [2.05, 4.69) is 37.3 Å². The van der Waals surface area contributed by atoms with Gasteiger partial charge < -0.3 is 9.88 Å². The Bertz CT molecular complexity index is 626. The molecule has 0 aliphatic carbocycles. The van der Waals surface area contributed by atoms with Gasteiger partial charge in [-0.1, -0.05) is 18.3 Å². The Morgan fingerprint density at radius 2 is 2.36 bits per heavy atom. The van der Waals surface area contributed by atoms with Crippen molar-refractivity contribution in [2.45, 2.75) is 19.9 Å². The number of H-pyrrole nitrogens is 1. The maximum Gasteiger partial charge on any atom is 0.323 e. The molecule has 1 aliphatic rings. The minimum Gasteiger partial charge on any atom is -0.347 e. The molecular formula is C13H19N7OS. The Kier molecular flexibility index (Phi) is 4.34. The number of piperazine rings is 1. The number of likely N-dealkylation sites (N-methyl/N-ethyl adjacent to an activating group) is 1. The fourth-order valence-corrected chi connectivity index (χ4v) is 3.20. The Labute approximate surface area is 132 Å². The van der Waals surface area contributed by atoms with Gasteiger partial charge in [-0.2, -0.15) is 0 Å². The lowest BCUT2D eigenvalue weighted by Gasteiger charge is -2.39. The standard InChI is InChI=1S/C13H19N7OS/c1-3-19-6-7-20(8-10(19)11-14-4-5-15-11)13(21)16-12-18-17-9(2)22-12/h4-5,10H,3,6-8H2,1-2H3,(H,14,15)(H,16,18,21). The minimum absolute atomic E-state index is 0.0932. The molecule has 1 fully saturated rings. The van der Waals surface area contributed by atoms with E-state index in [4.69, 9.17) is 0 Å². The first kappa shape index (κ1) is 14.9. The highest BCUT2D eigenvalue weighted by Gasteiger charge is 2.31. The lowest BCUT2D eigenvalue weighted by molar-refractivity contribution is 0.0946. The number of rotatable bonds is 3. The molecule has 118 valence electrons. The first-order valence-electron chi connectivity index (χ1n) is 7.26. The molecule has 3 rings (SSSR count). The van der Waals surface area contributed by atoms with Crippen LogP contribution in [0.1, 0.15) is 23.8 Å². The van der Waals surface area contributed by atoms with Gasteiger partial charge in [0.15, 0.2) is 0 Å². The summed E-state index contributed by atoms with van der Waals surface area (Å²) < 4.78 is 0. The van der Waals surface area contributed by atoms with Crippen LogP contribution in [0.3, 0.4) is 0 Å². The smallest absolute Gasteiger partial charge is 0.323 e. The summed E-state index contributed by atoms with van der Waals surface area (Å²) in [6, 6.07) is -0.0425. The van der Waals surface area contributed by atoms with E-state index in [0.717, 1.165) is 23.9 Å². The molecule has 0 bridgehead atoms. The number of aryl methyl sites for hydroxylation is 1. The topological polar surface area (TPSA) is 90.0 Å². The van der Waals surface area contributed by atoms with E-state index < -0.39 is 0 Å². The normalized spacial score (nSPS) is 19.4. The molecular weight excluding hydrogens is 302 g/mol. The summed E-state index contributed by atoms with van der Waals surface area (Å²) in [5.74, 6) is 0.895. The van der Waals surface area contributed by atoms with E-state index in [0.29, 0.717) is 18.2 Å². The average molecular weight is 321 g/mol. The molecule has 8 nitrogen and oxygen atoms in total. The molecule has 2 N–H and O–H groups in total. The SMILES string of the molecule is CCN1CCN(C(=O)Nc2nnc(C)s2)CC1c1ncc[nH]1. The lowest BCUT2D eigenvalue weighted by Crippen LogP contribution is -2.51. The summed E-state index contributed by atoms with van der Waals surface area (Å²) in [4.78, 5) is 24.0. The van der Waals surface area contributed by atoms with E-state index in [1.165, 1.54) is 11.3 Å². The van der Waals surface area contributed by atoms with E-state index in [-0.39, 0.29) is 12.1 Å². The number of carbonyl (C=O) groups is 1. The van der Waals surface area contributed by atoms with Crippen molar-refractivity contribution in [1.29, 1.82) is 0 Å². The predicted octanol–water partition coefficient (Wildman–Crippen LogP) is 1.48. The van der Waals surface area contributed by atoms with Gasteiger partial charge in [-0.05, 0) is 13.5 Å². The molecule has 3 heterocycles. The van der Waals surface area contributed by atoms with E-state index >= 15 is 0 Å². The van der Waals surface area contributed by atoms with Crippen molar-refractivity contribution in [1.82, 2.24) is 30.0 Å². The molecule has 1 aliphatic heterocycles. The fourth-order valence-electron chi connectivity index (χ4n) is 2.62. The van der Waals surface area contributed by atoms with Crippen LogP contribution in [0.15, 0.2) is 12.4 Å². The van der Waals surface area contributed by atoms with E-state index in [1.807, 2.05) is 13.1 Å². The van der Waals surface area contributed by atoms with Gasteiger partial charge in [0.2, 0.25) is 5.13 Å². The molecule has 0 aromatic carbocycles. The molecule has 1 unspecified atom stereocenters. The second-order valence-electron chi connectivity index (χ2n) is 5.12. The van der Waals surface area contributed by atoms with Crippen LogP contribution in [0.5, 0.6) is 0 Å². The molecule has 2 aromatic rings. The summed E-state index contributed by atoms with van der Waals surface area (Å²) in [6.07, 6.45) is 3.55. The molecule has 1 saturated heterocycles. The van der Waals surface area contributed by atoms with Crippen LogP contribution < -0.4 is 5.32 Å². The van der Waals surface area contributed by atoms with Crippen LogP contribution in [0, 0.1) is 6.92 Å². The molecule has 0 radical (unpaired) electrons. The fraction of sp³-hybridized carbons (Fsp3) is 0.538. The number of nitrogens with zero attached hydrogens (tertiary/aromatic N) is 5. The Balaban J connectivity index is 1.68. The van der Waals surface area contributed by atoms with Gasteiger partial charge in [-0.25, -0.2) is 9.78 Å². The predicted molar refractivity (Wildman–Crippen MR) is 83.8 cm³/mol. The van der Waals surface area contributed by atoms with E-state index in [9.17, 15) is 4.79 Å². The number of aromatic nitrogens is 4. The number of amides is 2. The molecule has 0 saturated carbocycles. The maximum absolute atomic E-state index is 12.4. The van der Waals surface area contributed by atoms with Crippen LogP contribution in [0.25, 0.3) is 0 Å². The van der Waals surface area contributed by atoms with Crippen LogP contribution >= 0.6 is 11.3 Å². The minimum atomic E-state index is -0.136. The zero-order valence-electron chi connectivity index (χ0n) is 12.6. The number of aromatic amines is 1. The van der Waals surface area contributed by atoms with Gasteiger partial charge in [0.1, 0.15) is 10.8 Å². The second kappa shape index (κ2) is 6.41. The third-order valence-electron chi connectivity index (χ3n) is 3.76. The summed E-state index contributed by atoms with van der Waals surface area (Å²) in [5, 5.41) is 12.0. The summed E-state index contributed by atoms with van der Waals surface area (Å²) in [7, 11) is 0. The maximum atomic E-state index is 12.4. The van der Waals surface area contributed by atoms with Crippen LogP contribution in [-0.2, 0) is 0 Å². The molecule has 0 spiro atoms. The van der Waals surface area contributed by atoms with Crippen molar-refractivity contribution in [3.63, 3.8) is 0 Å². The van der Waals surface area contributed by atoms with Crippen molar-refractivity contribution in [3.8, 4) is 0 Å². The largest absolute Gasteiger partial charge is 0.347 e. The quantitative estimate of drug-likeness (QED) is 0.893. The highest BCUT2D eigenvalue weighted by Crippen LogP contribution is 2.23. The first-order valence-corrected chi connectivity index (χ1v) is 8.08. The molecule has 1 atom stereocenters. The number of nitrogens with one attached hydrogen (secondary N) is 2. The van der Waals surface area contributed by atoms with Gasteiger partial charge in [0.05, 0.1) is 6.04 Å². The highest BCUT2D eigenvalue weighted by atomic mass is 32.1. The number of hydrogen-bond donors (Lipinski definition) is 2. The summed E-state index contributed by atoms with van der Waals surface area (Å²) in [5.41, 5.74) is 0. The van der Waals surface area contributed by atoms with Crippen molar-refractivity contribution in [2.75, 3.05) is 31.5 Å². The van der Waals surface area contributed by atoms with Gasteiger partial charge in [-0.3, -0.25) is 10.2 Å². The summed E-state index contributed by atoms with van der Waals surface area (Å²) >= 11 is 1.37. The Morgan fingerprint density at radius 3 is 3.00 bits per heavy atom. The van der Waals surface area contributed by atoms with E-state index in [1.54, 1.807) is 11.1 Å². The third-order valence-corrected chi connectivity index (χ3v) is 4.51. The van der Waals surface area contributed by atoms with Crippen molar-refractivity contribution in [2.24, 2.45) is 0 Å². The third kappa shape index (κ3) is 3.09. The molecule has 9 heteroatoms. The number of anilines is 1. The number of hydrogen-bond acceptors (Lipinski definition) is 6. The lowest BCUT2D eigenvalue weighted by atomic mass is 10.1.